The number of benzene rings is 1. The number of nitrogens with one attached hydrogen (secondary N) is 1. The average Bonchev–Trinajstić information content (AvgIpc) is 2.58. The lowest BCUT2D eigenvalue weighted by Gasteiger charge is -2.04. The molecule has 0 aliphatic carbocycles. The second-order valence-corrected chi connectivity index (χ2v) is 2.55. The molecule has 1 N–H and O–H groups in total. The minimum Gasteiger partial charge on any atom is -0.433 e. The summed E-state index contributed by atoms with van der Waals surface area (Å²) in [4.78, 5) is 6.16. The van der Waals surface area contributed by atoms with Crippen molar-refractivity contribution < 1.29 is 17.9 Å². The highest BCUT2D eigenvalue weighted by atomic mass is 19.3. The van der Waals surface area contributed by atoms with Gasteiger partial charge in [-0.25, -0.2) is 9.37 Å². The fraction of sp³-hybridized carbons (Fsp3) is 0.125. The largest absolute Gasteiger partial charge is 0.433 e. The Morgan fingerprint density at radius 1 is 1.36 bits per heavy atom. The van der Waals surface area contributed by atoms with Crippen LogP contribution in [0.25, 0.3) is 11.0 Å². The van der Waals surface area contributed by atoms with E-state index in [4.69, 9.17) is 0 Å². The number of nitrogens with zero attached hydrogens (tertiary/aromatic N) is 1. The van der Waals surface area contributed by atoms with E-state index < -0.39 is 12.4 Å². The molecular formula is C8H5F3N2O. The normalized spacial score (nSPS) is 11.1. The molecule has 0 radical (unpaired) electrons. The molecule has 0 saturated carbocycles. The number of fused-ring (bicyclic) bond motifs is 1. The van der Waals surface area contributed by atoms with E-state index in [2.05, 4.69) is 14.7 Å². The van der Waals surface area contributed by atoms with Crippen LogP contribution in [0.1, 0.15) is 0 Å². The molecule has 6 heteroatoms. The van der Waals surface area contributed by atoms with Crippen molar-refractivity contribution >= 4 is 11.0 Å². The average molecular weight is 202 g/mol. The maximum absolute atomic E-state index is 13.0. The Kier molecular flexibility index (Phi) is 2.03. The fourth-order valence-corrected chi connectivity index (χ4v) is 1.17. The maximum Gasteiger partial charge on any atom is 0.387 e. The van der Waals surface area contributed by atoms with Crippen molar-refractivity contribution in [2.75, 3.05) is 0 Å². The van der Waals surface area contributed by atoms with Crippen LogP contribution in [0.3, 0.4) is 0 Å². The van der Waals surface area contributed by atoms with E-state index >= 15 is 0 Å². The molecule has 1 aromatic carbocycles. The van der Waals surface area contributed by atoms with Gasteiger partial charge in [0.2, 0.25) is 0 Å². The van der Waals surface area contributed by atoms with Crippen molar-refractivity contribution in [2.45, 2.75) is 6.61 Å². The van der Waals surface area contributed by atoms with Gasteiger partial charge in [0.1, 0.15) is 11.0 Å². The van der Waals surface area contributed by atoms with Gasteiger partial charge < -0.3 is 9.72 Å². The Balaban J connectivity index is 2.55. The molecule has 0 aliphatic heterocycles. The molecule has 14 heavy (non-hydrogen) atoms. The first-order chi connectivity index (χ1) is 6.68. The second-order valence-electron chi connectivity index (χ2n) is 2.55. The number of hydrogen-bond donors (Lipinski definition) is 1. The van der Waals surface area contributed by atoms with Crippen molar-refractivity contribution in [1.29, 1.82) is 0 Å². The SMILES string of the molecule is Fc1ccc(OC(F)F)c2[nH]cnc12. The van der Waals surface area contributed by atoms with Crippen LogP contribution in [0.15, 0.2) is 18.5 Å². The van der Waals surface area contributed by atoms with Crippen molar-refractivity contribution in [3.63, 3.8) is 0 Å². The summed E-state index contributed by atoms with van der Waals surface area (Å²) in [5.74, 6) is -0.697. The van der Waals surface area contributed by atoms with Gasteiger partial charge >= 0.3 is 6.61 Å². The predicted octanol–water partition coefficient (Wildman–Crippen LogP) is 2.30. The van der Waals surface area contributed by atoms with Gasteiger partial charge in [0.25, 0.3) is 0 Å². The first kappa shape index (κ1) is 8.86. The van der Waals surface area contributed by atoms with E-state index in [9.17, 15) is 13.2 Å². The standard InChI is InChI=1S/C8H5F3N2O/c9-4-1-2-5(14-8(10)11)7-6(4)12-3-13-7/h1-3,8H,(H,12,13). The van der Waals surface area contributed by atoms with Gasteiger partial charge in [-0.2, -0.15) is 8.78 Å². The molecule has 0 spiro atoms. The number of hydrogen-bond acceptors (Lipinski definition) is 2. The summed E-state index contributed by atoms with van der Waals surface area (Å²) in [6.45, 7) is -2.94. The molecular weight excluding hydrogens is 197 g/mol. The molecule has 0 saturated heterocycles. The third-order valence-corrected chi connectivity index (χ3v) is 1.71. The fourth-order valence-electron chi connectivity index (χ4n) is 1.17. The summed E-state index contributed by atoms with van der Waals surface area (Å²) in [5, 5.41) is 0. The second kappa shape index (κ2) is 3.21. The molecule has 0 amide bonds. The van der Waals surface area contributed by atoms with Crippen LogP contribution in [-0.2, 0) is 0 Å². The van der Waals surface area contributed by atoms with Crippen LogP contribution < -0.4 is 4.74 Å². The van der Waals surface area contributed by atoms with Crippen molar-refractivity contribution in [1.82, 2.24) is 9.97 Å². The number of imidazole rings is 1. The van der Waals surface area contributed by atoms with E-state index in [1.54, 1.807) is 0 Å². The van der Waals surface area contributed by atoms with Gasteiger partial charge in [-0.1, -0.05) is 0 Å². The number of alkyl halides is 2. The van der Waals surface area contributed by atoms with Crippen molar-refractivity contribution in [3.8, 4) is 5.75 Å². The summed E-state index contributed by atoms with van der Waals surface area (Å²) in [5.41, 5.74) is 0.119. The molecule has 2 aromatic rings. The van der Waals surface area contributed by atoms with Crippen molar-refractivity contribution in [3.05, 3.63) is 24.3 Å². The molecule has 0 fully saturated rings. The summed E-state index contributed by atoms with van der Waals surface area (Å²) in [7, 11) is 0. The zero-order valence-corrected chi connectivity index (χ0v) is 6.80. The van der Waals surface area contributed by atoms with E-state index in [1.165, 1.54) is 6.33 Å². The van der Waals surface area contributed by atoms with Gasteiger partial charge in [0.15, 0.2) is 11.6 Å². The van der Waals surface area contributed by atoms with Crippen LogP contribution in [-0.4, -0.2) is 16.6 Å². The number of aromatic amines is 1. The topological polar surface area (TPSA) is 37.9 Å². The van der Waals surface area contributed by atoms with Gasteiger partial charge in [-0.3, -0.25) is 0 Å². The predicted molar refractivity (Wildman–Crippen MR) is 42.7 cm³/mol. The molecule has 3 nitrogen and oxygen atoms in total. The Morgan fingerprint density at radius 3 is 2.86 bits per heavy atom. The lowest BCUT2D eigenvalue weighted by Crippen LogP contribution is -2.02. The first-order valence-corrected chi connectivity index (χ1v) is 3.75. The third kappa shape index (κ3) is 1.39. The van der Waals surface area contributed by atoms with Gasteiger partial charge in [0.05, 0.1) is 6.33 Å². The Hall–Kier alpha value is -1.72. The molecule has 74 valence electrons. The van der Waals surface area contributed by atoms with Gasteiger partial charge in [0, 0.05) is 0 Å². The summed E-state index contributed by atoms with van der Waals surface area (Å²) >= 11 is 0. The third-order valence-electron chi connectivity index (χ3n) is 1.71. The summed E-state index contributed by atoms with van der Waals surface area (Å²) in [6, 6.07) is 2.16. The smallest absolute Gasteiger partial charge is 0.387 e. The zero-order chi connectivity index (χ0) is 10.1. The lowest BCUT2D eigenvalue weighted by atomic mass is 10.3. The molecule has 0 unspecified atom stereocenters. The highest BCUT2D eigenvalue weighted by molar-refractivity contribution is 5.81. The molecule has 0 atom stereocenters. The molecule has 0 bridgehead atoms. The van der Waals surface area contributed by atoms with E-state index in [1.807, 2.05) is 0 Å². The highest BCUT2D eigenvalue weighted by Crippen LogP contribution is 2.25. The van der Waals surface area contributed by atoms with Crippen LogP contribution in [0.5, 0.6) is 5.75 Å². The molecule has 2 rings (SSSR count). The van der Waals surface area contributed by atoms with Crippen LogP contribution in [0.2, 0.25) is 0 Å². The summed E-state index contributed by atoms with van der Waals surface area (Å²) < 4.78 is 41.0. The van der Waals surface area contributed by atoms with Crippen molar-refractivity contribution in [2.24, 2.45) is 0 Å². The lowest BCUT2D eigenvalue weighted by molar-refractivity contribution is -0.0489. The molecule has 0 aliphatic rings. The highest BCUT2D eigenvalue weighted by Gasteiger charge is 2.12. The van der Waals surface area contributed by atoms with Crippen LogP contribution in [0.4, 0.5) is 13.2 Å². The maximum atomic E-state index is 13.0. The Bertz CT molecular complexity index is 455. The molecule has 1 heterocycles. The first-order valence-electron chi connectivity index (χ1n) is 3.75. The van der Waals surface area contributed by atoms with Gasteiger partial charge in [-0.05, 0) is 12.1 Å². The Labute approximate surface area is 76.5 Å². The monoisotopic (exact) mass is 202 g/mol. The summed E-state index contributed by atoms with van der Waals surface area (Å²) in [6.07, 6.45) is 1.21. The van der Waals surface area contributed by atoms with Crippen LogP contribution in [0, 0.1) is 5.82 Å². The van der Waals surface area contributed by atoms with Crippen LogP contribution >= 0.6 is 0 Å². The minimum absolute atomic E-state index is 0.0110. The van der Waals surface area contributed by atoms with E-state index in [0.29, 0.717) is 0 Å². The van der Waals surface area contributed by atoms with Gasteiger partial charge in [-0.15, -0.1) is 0 Å². The number of H-pyrrole nitrogens is 1. The van der Waals surface area contributed by atoms with E-state index in [-0.39, 0.29) is 16.8 Å². The quantitative estimate of drug-likeness (QED) is 0.811. The number of aromatic nitrogens is 2. The zero-order valence-electron chi connectivity index (χ0n) is 6.80. The Morgan fingerprint density at radius 2 is 2.14 bits per heavy atom. The number of ether oxygens (including phenoxy) is 1. The number of rotatable bonds is 2. The number of halogens is 3. The minimum atomic E-state index is -2.94. The molecule has 1 aromatic heterocycles. The van der Waals surface area contributed by atoms with E-state index in [0.717, 1.165) is 12.1 Å².